The van der Waals surface area contributed by atoms with Gasteiger partial charge in [0.1, 0.15) is 0 Å². The number of carbonyl (C=O) groups excluding carboxylic acids is 2. The average Bonchev–Trinajstić information content (AvgIpc) is 3.33. The lowest BCUT2D eigenvalue weighted by atomic mass is 10.0. The summed E-state index contributed by atoms with van der Waals surface area (Å²) in [6.45, 7) is 0.735. The van der Waals surface area contributed by atoms with Crippen molar-refractivity contribution in [1.29, 1.82) is 0 Å². The van der Waals surface area contributed by atoms with Crippen molar-refractivity contribution in [1.82, 2.24) is 10.2 Å². The Morgan fingerprint density at radius 3 is 2.72 bits per heavy atom. The SMILES string of the molecule is O=C(CCCc1cccs1)N[C@H](CN1CCCC1=O)c1cccc(C(F)(F)F)c1. The molecule has 1 atom stereocenters. The fourth-order valence-electron chi connectivity index (χ4n) is 3.43. The standard InChI is InChI=1S/C21H23F3N2O2S/c22-21(23,24)16-6-1-5-15(13-16)18(14-26-11-3-10-20(26)28)25-19(27)9-2-7-17-8-4-12-29-17/h1,4-6,8,12-13,18H,2-3,7,9-11,14H2,(H,25,27)/t18-/m1/s1. The Morgan fingerprint density at radius 2 is 2.07 bits per heavy atom. The molecule has 2 amide bonds. The Bertz CT molecular complexity index is 837. The summed E-state index contributed by atoms with van der Waals surface area (Å²) in [6, 6.07) is 8.24. The highest BCUT2D eigenvalue weighted by Gasteiger charge is 2.32. The molecule has 0 bridgehead atoms. The molecule has 8 heteroatoms. The molecule has 0 spiro atoms. The summed E-state index contributed by atoms with van der Waals surface area (Å²) in [6.07, 6.45) is -1.59. The maximum absolute atomic E-state index is 13.1. The average molecular weight is 424 g/mol. The number of amides is 2. The molecule has 1 aliphatic heterocycles. The van der Waals surface area contributed by atoms with Gasteiger partial charge in [0.2, 0.25) is 11.8 Å². The van der Waals surface area contributed by atoms with Crippen molar-refractivity contribution in [2.24, 2.45) is 0 Å². The summed E-state index contributed by atoms with van der Waals surface area (Å²) in [5.41, 5.74) is -0.411. The second kappa shape index (κ2) is 9.43. The second-order valence-corrected chi connectivity index (χ2v) is 8.15. The normalized spacial score (nSPS) is 15.6. The van der Waals surface area contributed by atoms with Crippen molar-refractivity contribution in [3.63, 3.8) is 0 Å². The molecule has 0 unspecified atom stereocenters. The van der Waals surface area contributed by atoms with E-state index in [1.165, 1.54) is 10.9 Å². The first kappa shape index (κ1) is 21.4. The summed E-state index contributed by atoms with van der Waals surface area (Å²) in [7, 11) is 0. The van der Waals surface area contributed by atoms with Crippen molar-refractivity contribution >= 4 is 23.2 Å². The van der Waals surface area contributed by atoms with Crippen molar-refractivity contribution in [2.45, 2.75) is 44.3 Å². The van der Waals surface area contributed by atoms with E-state index in [1.54, 1.807) is 22.3 Å². The zero-order chi connectivity index (χ0) is 20.9. The van der Waals surface area contributed by atoms with Crippen LogP contribution in [0, 0.1) is 0 Å². The Morgan fingerprint density at radius 1 is 1.24 bits per heavy atom. The molecule has 0 radical (unpaired) electrons. The van der Waals surface area contributed by atoms with Gasteiger partial charge < -0.3 is 10.2 Å². The number of hydrogen-bond acceptors (Lipinski definition) is 3. The monoisotopic (exact) mass is 424 g/mol. The molecular weight excluding hydrogens is 401 g/mol. The number of aryl methyl sites for hydroxylation is 1. The summed E-state index contributed by atoms with van der Waals surface area (Å²) in [4.78, 5) is 27.2. The van der Waals surface area contributed by atoms with Crippen LogP contribution in [0.3, 0.4) is 0 Å². The first-order valence-electron chi connectivity index (χ1n) is 9.59. The van der Waals surface area contributed by atoms with Gasteiger partial charge in [0, 0.05) is 30.8 Å². The van der Waals surface area contributed by atoms with Crippen LogP contribution in [-0.4, -0.2) is 29.8 Å². The molecule has 0 aliphatic carbocycles. The number of nitrogens with one attached hydrogen (secondary N) is 1. The third-order valence-corrected chi connectivity index (χ3v) is 5.87. The van der Waals surface area contributed by atoms with E-state index in [2.05, 4.69) is 5.32 Å². The quantitative estimate of drug-likeness (QED) is 0.675. The van der Waals surface area contributed by atoms with Crippen molar-refractivity contribution in [2.75, 3.05) is 13.1 Å². The molecule has 29 heavy (non-hydrogen) atoms. The Hall–Kier alpha value is -2.35. The Kier molecular flexibility index (Phi) is 6.95. The number of rotatable bonds is 8. The van der Waals surface area contributed by atoms with Crippen LogP contribution in [0.15, 0.2) is 41.8 Å². The van der Waals surface area contributed by atoms with Gasteiger partial charge in [-0.3, -0.25) is 9.59 Å². The maximum Gasteiger partial charge on any atom is 0.416 e. The van der Waals surface area contributed by atoms with Crippen LogP contribution >= 0.6 is 11.3 Å². The molecule has 3 rings (SSSR count). The summed E-state index contributed by atoms with van der Waals surface area (Å²) >= 11 is 1.63. The summed E-state index contributed by atoms with van der Waals surface area (Å²) < 4.78 is 39.3. The molecule has 156 valence electrons. The van der Waals surface area contributed by atoms with E-state index >= 15 is 0 Å². The number of benzene rings is 1. The van der Waals surface area contributed by atoms with E-state index in [-0.39, 0.29) is 24.8 Å². The number of hydrogen-bond donors (Lipinski definition) is 1. The van der Waals surface area contributed by atoms with Crippen molar-refractivity contribution < 1.29 is 22.8 Å². The van der Waals surface area contributed by atoms with Gasteiger partial charge in [-0.2, -0.15) is 13.2 Å². The molecule has 1 aromatic carbocycles. The number of likely N-dealkylation sites (tertiary alicyclic amines) is 1. The lowest BCUT2D eigenvalue weighted by Crippen LogP contribution is -2.38. The van der Waals surface area contributed by atoms with Gasteiger partial charge in [-0.05, 0) is 48.4 Å². The fourth-order valence-corrected chi connectivity index (χ4v) is 4.18. The third kappa shape index (κ3) is 6.06. The number of halogens is 3. The predicted octanol–water partition coefficient (Wildman–Crippen LogP) is 4.57. The minimum atomic E-state index is -4.46. The van der Waals surface area contributed by atoms with Gasteiger partial charge >= 0.3 is 6.18 Å². The number of nitrogens with zero attached hydrogens (tertiary/aromatic N) is 1. The number of thiophene rings is 1. The molecule has 0 saturated carbocycles. The van der Waals surface area contributed by atoms with Crippen LogP contribution in [0.25, 0.3) is 0 Å². The van der Waals surface area contributed by atoms with E-state index in [0.29, 0.717) is 24.9 Å². The van der Waals surface area contributed by atoms with Gasteiger partial charge in [0.25, 0.3) is 0 Å². The fraction of sp³-hybridized carbons (Fsp3) is 0.429. The van der Waals surface area contributed by atoms with Crippen LogP contribution in [0.5, 0.6) is 0 Å². The van der Waals surface area contributed by atoms with Crippen LogP contribution in [0.1, 0.15) is 47.7 Å². The largest absolute Gasteiger partial charge is 0.416 e. The minimum absolute atomic E-state index is 0.0334. The van der Waals surface area contributed by atoms with Gasteiger partial charge in [0.15, 0.2) is 0 Å². The molecule has 1 fully saturated rings. The van der Waals surface area contributed by atoms with Gasteiger partial charge in [-0.1, -0.05) is 18.2 Å². The highest BCUT2D eigenvalue weighted by atomic mass is 32.1. The third-order valence-electron chi connectivity index (χ3n) is 4.93. The van der Waals surface area contributed by atoms with E-state index in [4.69, 9.17) is 0 Å². The van der Waals surface area contributed by atoms with Crippen molar-refractivity contribution in [3.8, 4) is 0 Å². The molecule has 1 aromatic heterocycles. The topological polar surface area (TPSA) is 49.4 Å². The van der Waals surface area contributed by atoms with Crippen LogP contribution in [-0.2, 0) is 22.2 Å². The zero-order valence-corrected chi connectivity index (χ0v) is 16.7. The first-order valence-corrected chi connectivity index (χ1v) is 10.5. The van der Waals surface area contributed by atoms with E-state index in [1.807, 2.05) is 17.5 Å². The summed E-state index contributed by atoms with van der Waals surface area (Å²) in [5.74, 6) is -0.260. The second-order valence-electron chi connectivity index (χ2n) is 7.12. The van der Waals surface area contributed by atoms with E-state index in [9.17, 15) is 22.8 Å². The van der Waals surface area contributed by atoms with Crippen LogP contribution < -0.4 is 5.32 Å². The maximum atomic E-state index is 13.1. The molecule has 2 aromatic rings. The van der Waals surface area contributed by atoms with Crippen LogP contribution in [0.4, 0.5) is 13.2 Å². The summed E-state index contributed by atoms with van der Waals surface area (Å²) in [5, 5.41) is 4.82. The smallest absolute Gasteiger partial charge is 0.348 e. The molecule has 1 aliphatic rings. The van der Waals surface area contributed by atoms with Gasteiger partial charge in [-0.15, -0.1) is 11.3 Å². The first-order chi connectivity index (χ1) is 13.8. The molecule has 4 nitrogen and oxygen atoms in total. The van der Waals surface area contributed by atoms with Crippen molar-refractivity contribution in [3.05, 3.63) is 57.8 Å². The molecule has 1 N–H and O–H groups in total. The Labute approximate surface area is 171 Å². The predicted molar refractivity (Wildman–Crippen MR) is 105 cm³/mol. The highest BCUT2D eigenvalue weighted by Crippen LogP contribution is 2.31. The number of alkyl halides is 3. The molecular formula is C21H23F3N2O2S. The highest BCUT2D eigenvalue weighted by molar-refractivity contribution is 7.09. The minimum Gasteiger partial charge on any atom is -0.348 e. The van der Waals surface area contributed by atoms with Gasteiger partial charge in [-0.25, -0.2) is 0 Å². The zero-order valence-electron chi connectivity index (χ0n) is 15.9. The molecule has 2 heterocycles. The number of carbonyl (C=O) groups is 2. The Balaban J connectivity index is 1.69. The van der Waals surface area contributed by atoms with Crippen LogP contribution in [0.2, 0.25) is 0 Å². The lowest BCUT2D eigenvalue weighted by Gasteiger charge is -2.26. The van der Waals surface area contributed by atoms with Gasteiger partial charge in [0.05, 0.1) is 11.6 Å². The molecule has 1 saturated heterocycles. The van der Waals surface area contributed by atoms with E-state index < -0.39 is 17.8 Å². The lowest BCUT2D eigenvalue weighted by molar-refractivity contribution is -0.137. The van der Waals surface area contributed by atoms with E-state index in [0.717, 1.165) is 25.0 Å².